The number of hydrogen-bond acceptors (Lipinski definition) is 2. The van der Waals surface area contributed by atoms with Crippen LogP contribution in [0.15, 0.2) is 0 Å². The van der Waals surface area contributed by atoms with Crippen LogP contribution in [-0.2, 0) is 4.74 Å². The fourth-order valence-corrected chi connectivity index (χ4v) is 6.07. The van der Waals surface area contributed by atoms with Crippen molar-refractivity contribution in [1.29, 1.82) is 0 Å². The van der Waals surface area contributed by atoms with E-state index in [1.165, 1.54) is 44.9 Å². The summed E-state index contributed by atoms with van der Waals surface area (Å²) in [6, 6.07) is 0.450. The molecule has 2 N–H and O–H groups in total. The minimum Gasteiger partial charge on any atom is -0.381 e. The van der Waals surface area contributed by atoms with Crippen LogP contribution >= 0.6 is 0 Å². The van der Waals surface area contributed by atoms with Gasteiger partial charge in [-0.3, -0.25) is 0 Å². The molecular formula is C17H29NO. The van der Waals surface area contributed by atoms with E-state index in [0.717, 1.165) is 48.7 Å². The average molecular weight is 263 g/mol. The van der Waals surface area contributed by atoms with Crippen LogP contribution in [0, 0.1) is 35.5 Å². The Balaban J connectivity index is 1.39. The molecule has 0 aromatic rings. The van der Waals surface area contributed by atoms with Gasteiger partial charge in [-0.05, 0) is 86.9 Å². The highest BCUT2D eigenvalue weighted by molar-refractivity contribution is 4.99. The third-order valence-corrected chi connectivity index (χ3v) is 6.84. The van der Waals surface area contributed by atoms with Crippen LogP contribution in [0.25, 0.3) is 0 Å². The summed E-state index contributed by atoms with van der Waals surface area (Å²) in [5.74, 6) is 6.00. The summed E-state index contributed by atoms with van der Waals surface area (Å²) in [7, 11) is 0. The summed E-state index contributed by atoms with van der Waals surface area (Å²) in [6.45, 7) is 1.89. The molecule has 5 fully saturated rings. The van der Waals surface area contributed by atoms with Crippen molar-refractivity contribution in [3.63, 3.8) is 0 Å². The Labute approximate surface area is 117 Å². The lowest BCUT2D eigenvalue weighted by atomic mass is 9.51. The van der Waals surface area contributed by atoms with E-state index in [4.69, 9.17) is 10.5 Å². The van der Waals surface area contributed by atoms with Crippen molar-refractivity contribution in [1.82, 2.24) is 0 Å². The highest BCUT2D eigenvalue weighted by atomic mass is 16.5. The fourth-order valence-electron chi connectivity index (χ4n) is 6.07. The standard InChI is InChI=1S/C17H29NO/c18-17(13-1-3-19-4-2-13)10-16-14-6-11-5-12(8-14)9-15(16)7-11/h11-17H,1-10,18H2. The normalized spacial score (nSPS) is 47.5. The van der Waals surface area contributed by atoms with Gasteiger partial charge in [0, 0.05) is 19.3 Å². The Morgan fingerprint density at radius 3 is 2.05 bits per heavy atom. The van der Waals surface area contributed by atoms with E-state index in [-0.39, 0.29) is 0 Å². The molecule has 19 heavy (non-hydrogen) atoms. The maximum atomic E-state index is 6.57. The first-order valence-electron chi connectivity index (χ1n) is 8.63. The van der Waals surface area contributed by atoms with Gasteiger partial charge in [-0.2, -0.15) is 0 Å². The maximum Gasteiger partial charge on any atom is 0.0469 e. The predicted molar refractivity (Wildman–Crippen MR) is 76.7 cm³/mol. The van der Waals surface area contributed by atoms with Crippen LogP contribution in [-0.4, -0.2) is 19.3 Å². The number of ether oxygens (including phenoxy) is 1. The van der Waals surface area contributed by atoms with Gasteiger partial charge in [0.1, 0.15) is 0 Å². The first-order valence-corrected chi connectivity index (χ1v) is 8.63. The molecule has 5 aliphatic rings. The lowest BCUT2D eigenvalue weighted by Crippen LogP contribution is -2.48. The van der Waals surface area contributed by atoms with Gasteiger partial charge in [0.05, 0.1) is 0 Å². The number of rotatable bonds is 3. The molecular weight excluding hydrogens is 234 g/mol. The fraction of sp³-hybridized carbons (Fsp3) is 1.00. The molecule has 2 nitrogen and oxygen atoms in total. The van der Waals surface area contributed by atoms with Crippen molar-refractivity contribution in [2.75, 3.05) is 13.2 Å². The van der Waals surface area contributed by atoms with Crippen LogP contribution in [0.4, 0.5) is 0 Å². The van der Waals surface area contributed by atoms with Crippen LogP contribution in [0.1, 0.15) is 51.4 Å². The third kappa shape index (κ3) is 2.35. The average Bonchev–Trinajstić information content (AvgIpc) is 2.43. The van der Waals surface area contributed by atoms with Gasteiger partial charge in [0.25, 0.3) is 0 Å². The summed E-state index contributed by atoms with van der Waals surface area (Å²) in [4.78, 5) is 0. The van der Waals surface area contributed by atoms with Gasteiger partial charge in [0.15, 0.2) is 0 Å². The van der Waals surface area contributed by atoms with E-state index in [1.54, 1.807) is 6.42 Å². The smallest absolute Gasteiger partial charge is 0.0469 e. The van der Waals surface area contributed by atoms with Gasteiger partial charge < -0.3 is 10.5 Å². The third-order valence-electron chi connectivity index (χ3n) is 6.84. The van der Waals surface area contributed by atoms with E-state index >= 15 is 0 Å². The van der Waals surface area contributed by atoms with Crippen molar-refractivity contribution < 1.29 is 4.74 Å². The molecule has 4 aliphatic carbocycles. The van der Waals surface area contributed by atoms with E-state index in [2.05, 4.69) is 0 Å². The van der Waals surface area contributed by atoms with E-state index in [0.29, 0.717) is 6.04 Å². The van der Waals surface area contributed by atoms with E-state index < -0.39 is 0 Å². The number of nitrogens with two attached hydrogens (primary N) is 1. The molecule has 1 aliphatic heterocycles. The minimum absolute atomic E-state index is 0.450. The summed E-state index contributed by atoms with van der Waals surface area (Å²) < 4.78 is 5.48. The molecule has 0 radical (unpaired) electrons. The van der Waals surface area contributed by atoms with E-state index in [1.807, 2.05) is 0 Å². The Bertz CT molecular complexity index is 295. The van der Waals surface area contributed by atoms with Crippen LogP contribution in [0.2, 0.25) is 0 Å². The van der Waals surface area contributed by atoms with Gasteiger partial charge in [0.2, 0.25) is 0 Å². The Kier molecular flexibility index (Phi) is 3.35. The Morgan fingerprint density at radius 1 is 0.895 bits per heavy atom. The van der Waals surface area contributed by atoms with Crippen molar-refractivity contribution in [3.05, 3.63) is 0 Å². The summed E-state index contributed by atoms with van der Waals surface area (Å²) in [6.07, 6.45) is 11.4. The van der Waals surface area contributed by atoms with Crippen molar-refractivity contribution in [2.24, 2.45) is 41.2 Å². The zero-order chi connectivity index (χ0) is 12.8. The number of hydrogen-bond donors (Lipinski definition) is 1. The van der Waals surface area contributed by atoms with Crippen molar-refractivity contribution in [3.8, 4) is 0 Å². The quantitative estimate of drug-likeness (QED) is 0.848. The molecule has 4 bridgehead atoms. The summed E-state index contributed by atoms with van der Waals surface area (Å²) in [5.41, 5.74) is 6.57. The maximum absolute atomic E-state index is 6.57. The Hall–Kier alpha value is -0.0800. The topological polar surface area (TPSA) is 35.2 Å². The molecule has 2 heteroatoms. The highest BCUT2D eigenvalue weighted by Crippen LogP contribution is 2.57. The second-order valence-electron chi connectivity index (χ2n) is 7.94. The lowest BCUT2D eigenvalue weighted by Gasteiger charge is -2.55. The molecule has 1 atom stereocenters. The van der Waals surface area contributed by atoms with Gasteiger partial charge in [-0.25, -0.2) is 0 Å². The first kappa shape index (κ1) is 12.6. The second kappa shape index (κ2) is 5.04. The minimum atomic E-state index is 0.450. The lowest BCUT2D eigenvalue weighted by molar-refractivity contribution is -0.0465. The van der Waals surface area contributed by atoms with Crippen LogP contribution < -0.4 is 5.73 Å². The van der Waals surface area contributed by atoms with Gasteiger partial charge in [-0.1, -0.05) is 0 Å². The van der Waals surface area contributed by atoms with Crippen LogP contribution in [0.3, 0.4) is 0 Å². The SMILES string of the molecule is NC(CC1C2CC3CC(C2)CC1C3)C1CCOCC1. The molecule has 108 valence electrons. The molecule has 4 saturated carbocycles. The molecule has 0 aromatic heterocycles. The van der Waals surface area contributed by atoms with Crippen LogP contribution in [0.5, 0.6) is 0 Å². The molecule has 1 unspecified atom stereocenters. The summed E-state index contributed by atoms with van der Waals surface area (Å²) in [5, 5.41) is 0. The monoisotopic (exact) mass is 263 g/mol. The van der Waals surface area contributed by atoms with E-state index in [9.17, 15) is 0 Å². The first-order chi connectivity index (χ1) is 9.29. The highest BCUT2D eigenvalue weighted by Gasteiger charge is 2.48. The molecule has 1 saturated heterocycles. The molecule has 0 spiro atoms. The van der Waals surface area contributed by atoms with Gasteiger partial charge >= 0.3 is 0 Å². The van der Waals surface area contributed by atoms with Crippen molar-refractivity contribution >= 4 is 0 Å². The largest absolute Gasteiger partial charge is 0.381 e. The second-order valence-corrected chi connectivity index (χ2v) is 7.94. The summed E-state index contributed by atoms with van der Waals surface area (Å²) >= 11 is 0. The predicted octanol–water partition coefficient (Wildman–Crippen LogP) is 3.20. The van der Waals surface area contributed by atoms with Gasteiger partial charge in [-0.15, -0.1) is 0 Å². The molecule has 0 amide bonds. The zero-order valence-corrected chi connectivity index (χ0v) is 12.1. The molecule has 1 heterocycles. The Morgan fingerprint density at radius 2 is 1.47 bits per heavy atom. The zero-order valence-electron chi connectivity index (χ0n) is 12.1. The molecule has 5 rings (SSSR count). The molecule has 0 aromatic carbocycles. The van der Waals surface area contributed by atoms with Crippen molar-refractivity contribution in [2.45, 2.75) is 57.4 Å².